The zero-order valence-corrected chi connectivity index (χ0v) is 25.8. The third-order valence-corrected chi connectivity index (χ3v) is 5.86. The van der Waals surface area contributed by atoms with Gasteiger partial charge in [0.25, 0.3) is 10.1 Å². The Morgan fingerprint density at radius 3 is 1.34 bits per heavy atom. The number of aliphatic carboxylic acids is 2. The topological polar surface area (TPSA) is 124 Å². The summed E-state index contributed by atoms with van der Waals surface area (Å²) in [4.78, 5) is 19.0. The maximum atomic E-state index is 11.7. The predicted molar refractivity (Wildman–Crippen MR) is 115 cm³/mol. The second-order valence-electron chi connectivity index (χ2n) is 7.57. The van der Waals surface area contributed by atoms with Crippen molar-refractivity contribution in [3.8, 4) is 0 Å². The molecule has 0 radical (unpaired) electrons. The van der Waals surface area contributed by atoms with Crippen LogP contribution in [0.2, 0.25) is 0 Å². The van der Waals surface area contributed by atoms with Crippen LogP contribution in [-0.4, -0.2) is 32.7 Å². The summed E-state index contributed by atoms with van der Waals surface area (Å²) in [7, 11) is -3.28. The summed E-state index contributed by atoms with van der Waals surface area (Å²) in [6.07, 6.45) is 15.3. The van der Waals surface area contributed by atoms with E-state index in [1.165, 1.54) is 57.8 Å². The molecule has 0 heterocycles. The Morgan fingerprint density at radius 2 is 0.969 bits per heavy atom. The first-order valence-corrected chi connectivity index (χ1v) is 13.1. The third kappa shape index (κ3) is 38.1. The number of hydrogen-bond acceptors (Lipinski definition) is 7. The van der Waals surface area contributed by atoms with Gasteiger partial charge in [0.2, 0.25) is 0 Å². The quantitative estimate of drug-likeness (QED) is 0.101. The van der Waals surface area contributed by atoms with E-state index in [1.807, 2.05) is 0 Å². The Bertz CT molecular complexity index is 500. The Hall–Kier alpha value is 0.850. The molecule has 180 valence electrons. The third-order valence-electron chi connectivity index (χ3n) is 4.54. The minimum Gasteiger partial charge on any atom is -0.550 e. The van der Waals surface area contributed by atoms with Crippen LogP contribution in [0, 0.1) is 0 Å². The van der Waals surface area contributed by atoms with Crippen LogP contribution in [0.1, 0.15) is 117 Å². The molecular formula is C22H42Na2O7S. The fourth-order valence-electron chi connectivity index (χ4n) is 2.74. The molecule has 0 unspecified atom stereocenters. The van der Waals surface area contributed by atoms with Crippen molar-refractivity contribution in [2.45, 2.75) is 117 Å². The Labute approximate surface area is 240 Å². The van der Waals surface area contributed by atoms with Crippen molar-refractivity contribution < 1.29 is 91.5 Å². The van der Waals surface area contributed by atoms with E-state index in [0.29, 0.717) is 6.61 Å². The Kier molecular flexibility index (Phi) is 37.4. The smallest absolute Gasteiger partial charge is 0.550 e. The van der Waals surface area contributed by atoms with Gasteiger partial charge in [-0.15, -0.1) is 0 Å². The first-order valence-electron chi connectivity index (χ1n) is 11.5. The number of carboxylic acid groups (broad SMARTS) is 2. The second-order valence-corrected chi connectivity index (χ2v) is 9.33. The van der Waals surface area contributed by atoms with Crippen LogP contribution in [0.4, 0.5) is 0 Å². The van der Waals surface area contributed by atoms with Crippen LogP contribution in [0.25, 0.3) is 0 Å². The molecule has 0 aliphatic carbocycles. The van der Waals surface area contributed by atoms with E-state index in [-0.39, 0.29) is 64.9 Å². The molecule has 0 aliphatic heterocycles. The maximum Gasteiger partial charge on any atom is 1.00 e. The molecule has 0 N–H and O–H groups in total. The molecule has 0 fully saturated rings. The van der Waals surface area contributed by atoms with Gasteiger partial charge in [-0.3, -0.25) is 4.18 Å². The average molecular weight is 497 g/mol. The van der Waals surface area contributed by atoms with Crippen molar-refractivity contribution in [3.63, 3.8) is 0 Å². The van der Waals surface area contributed by atoms with Gasteiger partial charge in [0.15, 0.2) is 0 Å². The van der Waals surface area contributed by atoms with Crippen molar-refractivity contribution in [3.05, 3.63) is 0 Å². The number of carboxylic acids is 2. The number of unbranched alkanes of at least 4 members (excludes halogenated alkanes) is 12. The van der Waals surface area contributed by atoms with E-state index in [9.17, 15) is 28.2 Å². The Morgan fingerprint density at radius 1 is 0.625 bits per heavy atom. The molecule has 0 aliphatic rings. The molecule has 0 spiro atoms. The zero-order chi connectivity index (χ0) is 23.1. The van der Waals surface area contributed by atoms with E-state index in [0.717, 1.165) is 32.1 Å². The van der Waals surface area contributed by atoms with Gasteiger partial charge in [0, 0.05) is 11.9 Å². The first-order chi connectivity index (χ1) is 14.2. The van der Waals surface area contributed by atoms with Crippen LogP contribution in [0.5, 0.6) is 0 Å². The number of hydrogen-bond donors (Lipinski definition) is 0. The molecule has 0 bridgehead atoms. The molecule has 0 amide bonds. The summed E-state index contributed by atoms with van der Waals surface area (Å²) in [5, 5.41) is 19.0. The molecular weight excluding hydrogens is 454 g/mol. The second kappa shape index (κ2) is 29.9. The van der Waals surface area contributed by atoms with E-state index < -0.39 is 34.9 Å². The minimum absolute atomic E-state index is 0. The van der Waals surface area contributed by atoms with Gasteiger partial charge in [-0.05, 0) is 25.7 Å². The largest absolute Gasteiger partial charge is 1.00 e. The number of carbonyl (C=O) groups is 2. The summed E-state index contributed by atoms with van der Waals surface area (Å²) in [6.45, 7) is 4.78. The molecule has 0 saturated heterocycles. The average Bonchev–Trinajstić information content (AvgIpc) is 2.68. The van der Waals surface area contributed by atoms with Crippen molar-refractivity contribution in [2.24, 2.45) is 0 Å². The van der Waals surface area contributed by atoms with E-state index in [2.05, 4.69) is 13.8 Å². The summed E-state index contributed by atoms with van der Waals surface area (Å²) >= 11 is 0. The Balaban J connectivity index is -0.000000335. The van der Waals surface area contributed by atoms with Crippen molar-refractivity contribution in [1.29, 1.82) is 0 Å². The van der Waals surface area contributed by atoms with Crippen molar-refractivity contribution >= 4 is 22.1 Å². The predicted octanol–water partition coefficient (Wildman–Crippen LogP) is -2.89. The van der Waals surface area contributed by atoms with Gasteiger partial charge >= 0.3 is 59.1 Å². The fraction of sp³-hybridized carbons (Fsp3) is 0.909. The van der Waals surface area contributed by atoms with Crippen molar-refractivity contribution in [2.75, 3.05) is 12.4 Å². The van der Waals surface area contributed by atoms with Crippen LogP contribution >= 0.6 is 0 Å². The maximum absolute atomic E-state index is 11.7. The monoisotopic (exact) mass is 496 g/mol. The first kappa shape index (κ1) is 40.0. The molecule has 0 aromatic rings. The summed E-state index contributed by atoms with van der Waals surface area (Å²) in [6, 6.07) is 0. The summed E-state index contributed by atoms with van der Waals surface area (Å²) in [5.74, 6) is -2.54. The summed E-state index contributed by atoms with van der Waals surface area (Å²) in [5.41, 5.74) is 0. The fourth-order valence-corrected chi connectivity index (χ4v) is 3.79. The minimum atomic E-state index is -3.28. The van der Waals surface area contributed by atoms with Gasteiger partial charge < -0.3 is 19.8 Å². The van der Waals surface area contributed by atoms with Gasteiger partial charge in [-0.1, -0.05) is 90.9 Å². The molecule has 0 saturated carbocycles. The van der Waals surface area contributed by atoms with Crippen molar-refractivity contribution in [1.82, 2.24) is 0 Å². The zero-order valence-electron chi connectivity index (χ0n) is 21.0. The van der Waals surface area contributed by atoms with Gasteiger partial charge in [0.05, 0.1) is 12.4 Å². The summed E-state index contributed by atoms with van der Waals surface area (Å²) < 4.78 is 28.5. The van der Waals surface area contributed by atoms with Crippen LogP contribution in [0.3, 0.4) is 0 Å². The normalized spacial score (nSPS) is 10.3. The van der Waals surface area contributed by atoms with E-state index >= 15 is 0 Å². The van der Waals surface area contributed by atoms with E-state index in [4.69, 9.17) is 4.18 Å². The molecule has 0 rings (SSSR count). The number of rotatable bonds is 20. The molecule has 0 atom stereocenters. The van der Waals surface area contributed by atoms with Gasteiger partial charge in [-0.2, -0.15) is 8.42 Å². The molecule has 32 heavy (non-hydrogen) atoms. The van der Waals surface area contributed by atoms with Gasteiger partial charge in [0.1, 0.15) is 0 Å². The van der Waals surface area contributed by atoms with E-state index in [1.54, 1.807) is 0 Å². The molecule has 0 aromatic heterocycles. The van der Waals surface area contributed by atoms with Gasteiger partial charge in [-0.25, -0.2) is 0 Å². The van der Waals surface area contributed by atoms with Crippen LogP contribution < -0.4 is 69.3 Å². The number of carbonyl (C=O) groups excluding carboxylic acids is 2. The molecule has 7 nitrogen and oxygen atoms in total. The van der Waals surface area contributed by atoms with Crippen LogP contribution in [0.15, 0.2) is 0 Å². The molecule has 10 heteroatoms. The SMILES string of the molecule is CCCCCCCCCOS(=O)(=O)CCCCCCCCC.O=C([O-])CCC(=O)[O-].[Na+].[Na+]. The molecule has 0 aromatic carbocycles. The standard InChI is InChI=1S/C18H38O3S.C4H6O4.2Na/c1-3-5-7-9-11-13-15-17-21-22(19,20)18-16-14-12-10-8-6-4-2;5-3(6)1-2-4(7)8;;/h3-18H2,1-2H3;1-2H2,(H,5,6)(H,7,8);;/q;;2*+1/p-2. The van der Waals surface area contributed by atoms with Crippen LogP contribution in [-0.2, 0) is 23.9 Å².